The minimum absolute atomic E-state index is 0.0839. The summed E-state index contributed by atoms with van der Waals surface area (Å²) in [6.45, 7) is 3.55. The summed E-state index contributed by atoms with van der Waals surface area (Å²) in [6, 6.07) is 5.56. The largest absolute Gasteiger partial charge is 0.406 e. The van der Waals surface area contributed by atoms with Crippen LogP contribution in [0.5, 0.6) is 0 Å². The first-order chi connectivity index (χ1) is 13.5. The first-order valence-corrected chi connectivity index (χ1v) is 10.3. The summed E-state index contributed by atoms with van der Waals surface area (Å²) >= 11 is 6.07. The number of nitrogens with zero attached hydrogens (tertiary/aromatic N) is 3. The van der Waals surface area contributed by atoms with E-state index in [1.807, 2.05) is 30.0 Å². The van der Waals surface area contributed by atoms with Gasteiger partial charge in [-0.15, -0.1) is 5.10 Å². The van der Waals surface area contributed by atoms with Crippen molar-refractivity contribution in [3.8, 4) is 0 Å². The molecule has 28 heavy (non-hydrogen) atoms. The molecule has 1 spiro atoms. The fraction of sp³-hybridized carbons (Fsp3) is 0.550. The summed E-state index contributed by atoms with van der Waals surface area (Å²) in [5.41, 5.74) is 2.72. The number of hydrogen-bond donors (Lipinski definition) is 2. The SMILES string of the molecule is C[C@H](Nc1nnc([C@@H]2Cc3cc(Cl)ccc3N2)o1)C(=O)N1CCC2(CC1)CC2. The molecule has 2 fully saturated rings. The van der Waals surface area contributed by atoms with Gasteiger partial charge in [0.1, 0.15) is 12.1 Å². The number of hydrogen-bond acceptors (Lipinski definition) is 6. The van der Waals surface area contributed by atoms with Gasteiger partial charge in [0.05, 0.1) is 0 Å². The number of nitrogens with one attached hydrogen (secondary N) is 2. The topological polar surface area (TPSA) is 83.3 Å². The number of fused-ring (bicyclic) bond motifs is 1. The predicted octanol–water partition coefficient (Wildman–Crippen LogP) is 3.64. The zero-order valence-corrected chi connectivity index (χ0v) is 16.6. The van der Waals surface area contributed by atoms with E-state index in [2.05, 4.69) is 20.8 Å². The van der Waals surface area contributed by atoms with Gasteiger partial charge in [-0.25, -0.2) is 0 Å². The zero-order chi connectivity index (χ0) is 19.3. The summed E-state index contributed by atoms with van der Waals surface area (Å²) in [7, 11) is 0. The maximum Gasteiger partial charge on any atom is 0.316 e. The van der Waals surface area contributed by atoms with Gasteiger partial charge in [0.2, 0.25) is 11.8 Å². The van der Waals surface area contributed by atoms with E-state index in [1.165, 1.54) is 12.8 Å². The fourth-order valence-electron chi connectivity index (χ4n) is 4.31. The first-order valence-electron chi connectivity index (χ1n) is 9.95. The van der Waals surface area contributed by atoms with Crippen molar-refractivity contribution in [2.24, 2.45) is 5.41 Å². The summed E-state index contributed by atoms with van der Waals surface area (Å²) < 4.78 is 5.78. The van der Waals surface area contributed by atoms with E-state index >= 15 is 0 Å². The van der Waals surface area contributed by atoms with Crippen molar-refractivity contribution in [2.75, 3.05) is 23.7 Å². The predicted molar refractivity (Wildman–Crippen MR) is 106 cm³/mol. The Labute approximate surface area is 168 Å². The maximum atomic E-state index is 12.7. The number of carbonyl (C=O) groups excluding carboxylic acids is 1. The summed E-state index contributed by atoms with van der Waals surface area (Å²) in [5.74, 6) is 0.597. The smallest absolute Gasteiger partial charge is 0.316 e. The Hall–Kier alpha value is -2.28. The standard InChI is InChI=1S/C20H24ClN5O2/c1-12(18(27)26-8-6-20(4-5-20)7-9-26)22-19-25-24-17(28-19)16-11-13-10-14(21)2-3-15(13)23-16/h2-3,10,12,16,23H,4-9,11H2,1H3,(H,22,25)/t12-,16-/m0/s1. The lowest BCUT2D eigenvalue weighted by atomic mass is 9.93. The van der Waals surface area contributed by atoms with E-state index in [0.717, 1.165) is 43.6 Å². The summed E-state index contributed by atoms with van der Waals surface area (Å²) in [5, 5.41) is 15.4. The Morgan fingerprint density at radius 2 is 2.11 bits per heavy atom. The number of piperidine rings is 1. The molecule has 7 nitrogen and oxygen atoms in total. The van der Waals surface area contributed by atoms with Crippen LogP contribution >= 0.6 is 11.6 Å². The van der Waals surface area contributed by atoms with Crippen molar-refractivity contribution in [3.63, 3.8) is 0 Å². The molecule has 148 valence electrons. The average Bonchev–Trinajstić information content (AvgIpc) is 3.10. The van der Waals surface area contributed by atoms with Crippen molar-refractivity contribution in [1.29, 1.82) is 0 Å². The number of aromatic nitrogens is 2. The number of benzene rings is 1. The lowest BCUT2D eigenvalue weighted by Gasteiger charge is -2.33. The molecule has 3 heterocycles. The number of anilines is 2. The van der Waals surface area contributed by atoms with Gasteiger partial charge in [-0.1, -0.05) is 16.7 Å². The number of halogens is 1. The highest BCUT2D eigenvalue weighted by atomic mass is 35.5. The number of amides is 1. The minimum atomic E-state index is -0.394. The number of carbonyl (C=O) groups is 1. The molecule has 8 heteroatoms. The third-order valence-corrected chi connectivity index (χ3v) is 6.60. The molecular formula is C20H24ClN5O2. The van der Waals surface area contributed by atoms with Gasteiger partial charge >= 0.3 is 6.01 Å². The van der Waals surface area contributed by atoms with Crippen LogP contribution in [0, 0.1) is 5.41 Å². The van der Waals surface area contributed by atoms with E-state index in [1.54, 1.807) is 0 Å². The van der Waals surface area contributed by atoms with Crippen LogP contribution < -0.4 is 10.6 Å². The van der Waals surface area contributed by atoms with Crippen LogP contribution in [0.4, 0.5) is 11.7 Å². The third kappa shape index (κ3) is 3.32. The average molecular weight is 402 g/mol. The van der Waals surface area contributed by atoms with Gasteiger partial charge in [-0.05, 0) is 61.8 Å². The second kappa shape index (κ2) is 6.65. The van der Waals surface area contributed by atoms with E-state index in [0.29, 0.717) is 16.3 Å². The lowest BCUT2D eigenvalue weighted by molar-refractivity contribution is -0.133. The van der Waals surface area contributed by atoms with Crippen molar-refractivity contribution >= 4 is 29.2 Å². The molecule has 0 radical (unpaired) electrons. The quantitative estimate of drug-likeness (QED) is 0.813. The Bertz CT molecular complexity index is 900. The lowest BCUT2D eigenvalue weighted by Crippen LogP contribution is -2.45. The molecule has 2 N–H and O–H groups in total. The molecule has 0 unspecified atom stereocenters. The molecule has 5 rings (SSSR count). The summed E-state index contributed by atoms with van der Waals surface area (Å²) in [4.78, 5) is 14.7. The van der Waals surface area contributed by atoms with Crippen molar-refractivity contribution < 1.29 is 9.21 Å². The highest BCUT2D eigenvalue weighted by Crippen LogP contribution is 2.53. The fourth-order valence-corrected chi connectivity index (χ4v) is 4.51. The van der Waals surface area contributed by atoms with Crippen LogP contribution in [0.2, 0.25) is 5.02 Å². The van der Waals surface area contributed by atoms with Gasteiger partial charge in [0.25, 0.3) is 0 Å². The molecule has 3 aliphatic rings. The first kappa shape index (κ1) is 17.8. The Morgan fingerprint density at radius 3 is 2.86 bits per heavy atom. The van der Waals surface area contributed by atoms with Gasteiger partial charge in [0.15, 0.2) is 0 Å². The maximum absolute atomic E-state index is 12.7. The van der Waals surface area contributed by atoms with Gasteiger partial charge in [-0.3, -0.25) is 4.79 Å². The van der Waals surface area contributed by atoms with Crippen LogP contribution in [0.1, 0.15) is 50.1 Å². The van der Waals surface area contributed by atoms with Gasteiger partial charge < -0.3 is 20.0 Å². The molecule has 1 aromatic carbocycles. The van der Waals surface area contributed by atoms with E-state index < -0.39 is 6.04 Å². The molecule has 1 amide bonds. The molecule has 1 saturated heterocycles. The third-order valence-electron chi connectivity index (χ3n) is 6.36. The monoisotopic (exact) mass is 401 g/mol. The van der Waals surface area contributed by atoms with E-state index in [9.17, 15) is 4.79 Å². The highest BCUT2D eigenvalue weighted by molar-refractivity contribution is 6.30. The molecule has 2 aliphatic heterocycles. The zero-order valence-electron chi connectivity index (χ0n) is 15.9. The highest BCUT2D eigenvalue weighted by Gasteiger charge is 2.45. The molecule has 2 atom stereocenters. The molecular weight excluding hydrogens is 378 g/mol. The Kier molecular flexibility index (Phi) is 4.23. The van der Waals surface area contributed by atoms with Crippen LogP contribution in [0.15, 0.2) is 22.6 Å². The van der Waals surface area contributed by atoms with E-state index in [4.69, 9.17) is 16.0 Å². The van der Waals surface area contributed by atoms with Crippen molar-refractivity contribution in [3.05, 3.63) is 34.7 Å². The Balaban J connectivity index is 1.19. The molecule has 1 aliphatic carbocycles. The van der Waals surface area contributed by atoms with Crippen LogP contribution in [-0.4, -0.2) is 40.1 Å². The normalized spacial score (nSPS) is 23.2. The van der Waals surface area contributed by atoms with Crippen molar-refractivity contribution in [1.82, 2.24) is 15.1 Å². The molecule has 0 bridgehead atoms. The summed E-state index contributed by atoms with van der Waals surface area (Å²) in [6.07, 6.45) is 5.67. The number of rotatable bonds is 4. The molecule has 1 saturated carbocycles. The van der Waals surface area contributed by atoms with Crippen molar-refractivity contribution in [2.45, 2.75) is 51.1 Å². The van der Waals surface area contributed by atoms with Crippen LogP contribution in [-0.2, 0) is 11.2 Å². The minimum Gasteiger partial charge on any atom is -0.406 e. The van der Waals surface area contributed by atoms with Gasteiger partial charge in [0, 0.05) is 30.2 Å². The van der Waals surface area contributed by atoms with Gasteiger partial charge in [-0.2, -0.15) is 0 Å². The molecule has 2 aromatic rings. The Morgan fingerprint density at radius 1 is 1.32 bits per heavy atom. The van der Waals surface area contributed by atoms with E-state index in [-0.39, 0.29) is 18.0 Å². The second-order valence-electron chi connectivity index (χ2n) is 8.34. The molecule has 1 aromatic heterocycles. The number of likely N-dealkylation sites (tertiary alicyclic amines) is 1. The second-order valence-corrected chi connectivity index (χ2v) is 8.78. The van der Waals surface area contributed by atoms with Crippen LogP contribution in [0.25, 0.3) is 0 Å². The van der Waals surface area contributed by atoms with Crippen LogP contribution in [0.3, 0.4) is 0 Å².